The monoisotopic (exact) mass is 506 g/mol. The van der Waals surface area contributed by atoms with E-state index in [0.29, 0.717) is 0 Å². The van der Waals surface area contributed by atoms with E-state index >= 15 is 0 Å². The average Bonchev–Trinajstić information content (AvgIpc) is 3.14. The van der Waals surface area contributed by atoms with Crippen LogP contribution in [0.25, 0.3) is 0 Å². The normalized spacial score (nSPS) is 39.6. The van der Waals surface area contributed by atoms with Crippen molar-refractivity contribution in [1.82, 2.24) is 0 Å². The number of aliphatic hydroxyl groups excluding tert-OH is 5. The molecule has 35 heavy (non-hydrogen) atoms. The number of methoxy groups -OCH3 is 1. The molecule has 6 N–H and O–H groups in total. The fourth-order valence-corrected chi connectivity index (χ4v) is 4.71. The number of fused-ring (bicyclic) bond motifs is 1. The Labute approximate surface area is 199 Å². The maximum atomic E-state index is 12.3. The molecule has 3 aliphatic rings. The number of aliphatic hydroxyl groups is 5. The molecule has 3 rings (SSSR count). The number of aliphatic carboxylic acids is 1. The minimum Gasteiger partial charge on any atom is -0.481 e. The number of esters is 2. The number of hydrogen-bond acceptors (Lipinski definition) is 13. The van der Waals surface area contributed by atoms with Crippen molar-refractivity contribution in [3.63, 3.8) is 0 Å². The Morgan fingerprint density at radius 2 is 1.83 bits per heavy atom. The largest absolute Gasteiger partial charge is 0.481 e. The summed E-state index contributed by atoms with van der Waals surface area (Å²) in [7, 11) is 1.17. The molecule has 1 saturated carbocycles. The van der Waals surface area contributed by atoms with E-state index in [1.54, 1.807) is 6.92 Å². The molecule has 0 radical (unpaired) electrons. The van der Waals surface area contributed by atoms with Crippen molar-refractivity contribution in [2.75, 3.05) is 13.7 Å². The van der Waals surface area contributed by atoms with Gasteiger partial charge in [0.15, 0.2) is 12.4 Å². The number of carboxylic acid groups (broad SMARTS) is 1. The molecular formula is C21H30O14. The van der Waals surface area contributed by atoms with Crippen molar-refractivity contribution in [3.8, 4) is 0 Å². The van der Waals surface area contributed by atoms with E-state index in [1.807, 2.05) is 0 Å². The molecule has 2 fully saturated rings. The van der Waals surface area contributed by atoms with Crippen molar-refractivity contribution in [1.29, 1.82) is 0 Å². The second-order valence-corrected chi connectivity index (χ2v) is 8.77. The first-order valence-electron chi connectivity index (χ1n) is 11.0. The molecule has 2 aliphatic heterocycles. The molecule has 11 atom stereocenters. The highest BCUT2D eigenvalue weighted by Crippen LogP contribution is 2.48. The van der Waals surface area contributed by atoms with Gasteiger partial charge in [0, 0.05) is 17.8 Å². The minimum absolute atomic E-state index is 0.0935. The first-order valence-corrected chi connectivity index (χ1v) is 11.0. The molecule has 0 spiro atoms. The first kappa shape index (κ1) is 27.3. The Bertz CT molecular complexity index is 827. The Balaban J connectivity index is 1.80. The highest BCUT2D eigenvalue weighted by Gasteiger charge is 2.54. The molecular weight excluding hydrogens is 476 g/mol. The van der Waals surface area contributed by atoms with Crippen LogP contribution in [0, 0.1) is 17.8 Å². The lowest BCUT2D eigenvalue weighted by atomic mass is 9.83. The van der Waals surface area contributed by atoms with E-state index in [9.17, 15) is 39.9 Å². The van der Waals surface area contributed by atoms with Crippen LogP contribution in [0.4, 0.5) is 0 Å². The van der Waals surface area contributed by atoms with Crippen LogP contribution in [-0.4, -0.2) is 111 Å². The first-order chi connectivity index (χ1) is 16.5. The molecule has 0 aromatic carbocycles. The molecule has 1 saturated heterocycles. The lowest BCUT2D eigenvalue weighted by Crippen LogP contribution is -2.60. The summed E-state index contributed by atoms with van der Waals surface area (Å²) in [6.45, 7) is 1.00. The number of carboxylic acids is 1. The van der Waals surface area contributed by atoms with Gasteiger partial charge in [0.1, 0.15) is 30.5 Å². The third-order valence-corrected chi connectivity index (χ3v) is 6.63. The molecule has 1 unspecified atom stereocenters. The summed E-state index contributed by atoms with van der Waals surface area (Å²) in [5.41, 5.74) is 0.127. The molecule has 0 aromatic heterocycles. The minimum atomic E-state index is -1.88. The smallest absolute Gasteiger partial charge is 0.337 e. The van der Waals surface area contributed by atoms with Gasteiger partial charge in [0.05, 0.1) is 32.0 Å². The second-order valence-electron chi connectivity index (χ2n) is 8.77. The Hall–Kier alpha value is -2.33. The predicted molar refractivity (Wildman–Crippen MR) is 109 cm³/mol. The van der Waals surface area contributed by atoms with Gasteiger partial charge in [0.25, 0.3) is 0 Å². The molecule has 1 aliphatic carbocycles. The average molecular weight is 506 g/mol. The van der Waals surface area contributed by atoms with Crippen LogP contribution in [0.2, 0.25) is 0 Å². The van der Waals surface area contributed by atoms with Gasteiger partial charge in [-0.2, -0.15) is 0 Å². The summed E-state index contributed by atoms with van der Waals surface area (Å²) < 4.78 is 26.8. The Morgan fingerprint density at radius 3 is 2.43 bits per heavy atom. The quantitative estimate of drug-likeness (QED) is 0.184. The zero-order chi connectivity index (χ0) is 26.0. The van der Waals surface area contributed by atoms with Crippen molar-refractivity contribution in [2.24, 2.45) is 17.8 Å². The maximum absolute atomic E-state index is 12.3. The zero-order valence-electron chi connectivity index (χ0n) is 19.0. The maximum Gasteiger partial charge on any atom is 0.337 e. The van der Waals surface area contributed by atoms with Gasteiger partial charge in [0.2, 0.25) is 6.29 Å². The highest BCUT2D eigenvalue weighted by atomic mass is 16.8. The molecule has 198 valence electrons. The van der Waals surface area contributed by atoms with Gasteiger partial charge in [-0.1, -0.05) is 6.92 Å². The van der Waals surface area contributed by atoms with Crippen molar-refractivity contribution < 1.29 is 68.7 Å². The SMILES string of the molecule is COC(=O)C1=CO[C@@H](O[C@@H]2O[C@H](CO)[C@@H](O)[C@H](O)[C@H]2O)[C@@H]2[C@@H](C)[C@@H](OC(=O)C(O)CC(=O)O)C[C@H]12. The van der Waals surface area contributed by atoms with Crippen LogP contribution in [0.3, 0.4) is 0 Å². The van der Waals surface area contributed by atoms with E-state index in [4.69, 9.17) is 28.8 Å². The van der Waals surface area contributed by atoms with Crippen molar-refractivity contribution in [3.05, 3.63) is 11.8 Å². The third kappa shape index (κ3) is 5.58. The van der Waals surface area contributed by atoms with Crippen LogP contribution < -0.4 is 0 Å². The predicted octanol–water partition coefficient (Wildman–Crippen LogP) is -2.76. The fraction of sp³-hybridized carbons (Fsp3) is 0.762. The molecule has 0 aromatic rings. The number of ether oxygens (including phenoxy) is 5. The van der Waals surface area contributed by atoms with Gasteiger partial charge in [-0.25, -0.2) is 9.59 Å². The molecule has 0 bridgehead atoms. The lowest BCUT2D eigenvalue weighted by molar-refractivity contribution is -0.342. The van der Waals surface area contributed by atoms with E-state index in [2.05, 4.69) is 0 Å². The number of rotatable bonds is 8. The zero-order valence-corrected chi connectivity index (χ0v) is 19.0. The summed E-state index contributed by atoms with van der Waals surface area (Å²) in [4.78, 5) is 35.3. The molecule has 14 heteroatoms. The van der Waals surface area contributed by atoms with Crippen LogP contribution in [0.5, 0.6) is 0 Å². The summed E-state index contributed by atoms with van der Waals surface area (Å²) in [5, 5.41) is 58.2. The highest BCUT2D eigenvalue weighted by molar-refractivity contribution is 5.89. The fourth-order valence-electron chi connectivity index (χ4n) is 4.71. The van der Waals surface area contributed by atoms with Crippen molar-refractivity contribution in [2.45, 2.75) is 69.0 Å². The standard InChI is InChI=1S/C21H30O14/c1-7-11(33-19(30)10(23)4-13(24)25)3-8-9(18(29)31-2)6-32-20(14(7)8)35-21-17(28)16(27)15(26)12(5-22)34-21/h6-8,10-12,14-17,20-23,26-28H,3-5H2,1-2H3,(H,24,25)/t7-,8+,10?,11-,12+,14+,15+,16-,17+,20-,21-/m0/s1. The third-order valence-electron chi connectivity index (χ3n) is 6.63. The second kappa shape index (κ2) is 11.2. The molecule has 0 amide bonds. The van der Waals surface area contributed by atoms with Gasteiger partial charge in [-0.3, -0.25) is 4.79 Å². The number of carbonyl (C=O) groups excluding carboxylic acids is 2. The van der Waals surface area contributed by atoms with Gasteiger partial charge in [-0.15, -0.1) is 0 Å². The van der Waals surface area contributed by atoms with Crippen LogP contribution in [0.1, 0.15) is 19.8 Å². The van der Waals surface area contributed by atoms with E-state index in [-0.39, 0.29) is 12.0 Å². The van der Waals surface area contributed by atoms with E-state index < -0.39 is 97.9 Å². The summed E-state index contributed by atoms with van der Waals surface area (Å²) in [6, 6.07) is 0. The van der Waals surface area contributed by atoms with Gasteiger partial charge in [-0.05, 0) is 6.42 Å². The summed E-state index contributed by atoms with van der Waals surface area (Å²) in [5.74, 6) is -5.06. The molecule has 14 nitrogen and oxygen atoms in total. The van der Waals surface area contributed by atoms with E-state index in [1.165, 1.54) is 7.11 Å². The van der Waals surface area contributed by atoms with Gasteiger partial charge < -0.3 is 54.3 Å². The summed E-state index contributed by atoms with van der Waals surface area (Å²) >= 11 is 0. The van der Waals surface area contributed by atoms with Crippen LogP contribution in [-0.2, 0) is 38.1 Å². The van der Waals surface area contributed by atoms with Crippen molar-refractivity contribution >= 4 is 17.9 Å². The number of carbonyl (C=O) groups is 3. The van der Waals surface area contributed by atoms with Gasteiger partial charge >= 0.3 is 17.9 Å². The number of hydrogen-bond donors (Lipinski definition) is 6. The topological polar surface area (TPSA) is 219 Å². The Morgan fingerprint density at radius 1 is 1.14 bits per heavy atom. The Kier molecular flexibility index (Phi) is 8.69. The summed E-state index contributed by atoms with van der Waals surface area (Å²) in [6.07, 6.45) is -11.3. The van der Waals surface area contributed by atoms with Crippen LogP contribution >= 0.6 is 0 Å². The van der Waals surface area contributed by atoms with Crippen LogP contribution in [0.15, 0.2) is 11.8 Å². The molecule has 2 heterocycles. The van der Waals surface area contributed by atoms with E-state index in [0.717, 1.165) is 6.26 Å². The lowest BCUT2D eigenvalue weighted by Gasteiger charge is -2.43.